The zero-order chi connectivity index (χ0) is 15.3. The Morgan fingerprint density at radius 3 is 2.90 bits per heavy atom. The molecule has 0 aliphatic carbocycles. The topological polar surface area (TPSA) is 84.5 Å². The first kappa shape index (κ1) is 15.9. The Balaban J connectivity index is 1.82. The van der Waals surface area contributed by atoms with E-state index in [1.54, 1.807) is 12.1 Å². The largest absolute Gasteiger partial charge is 0.376 e. The van der Waals surface area contributed by atoms with Gasteiger partial charge in [0.2, 0.25) is 15.9 Å². The number of amides is 1. The third kappa shape index (κ3) is 4.80. The lowest BCUT2D eigenvalue weighted by Crippen LogP contribution is -2.39. The Bertz CT molecular complexity index is 595. The van der Waals surface area contributed by atoms with Gasteiger partial charge < -0.3 is 10.1 Å². The molecule has 1 aliphatic rings. The number of sulfonamides is 1. The highest BCUT2D eigenvalue weighted by Crippen LogP contribution is 2.11. The molecular formula is C14H20N2O4S. The Morgan fingerprint density at radius 1 is 1.43 bits per heavy atom. The van der Waals surface area contributed by atoms with Crippen molar-refractivity contribution in [2.24, 2.45) is 0 Å². The van der Waals surface area contributed by atoms with Crippen LogP contribution in [-0.2, 0) is 19.6 Å². The lowest BCUT2D eigenvalue weighted by atomic mass is 10.2. The number of hydrogen-bond acceptors (Lipinski definition) is 4. The highest BCUT2D eigenvalue weighted by Gasteiger charge is 2.18. The molecule has 21 heavy (non-hydrogen) atoms. The van der Waals surface area contributed by atoms with Crippen molar-refractivity contribution in [2.75, 3.05) is 19.7 Å². The van der Waals surface area contributed by atoms with Gasteiger partial charge in [-0.05, 0) is 37.5 Å². The molecular weight excluding hydrogens is 292 g/mol. The lowest BCUT2D eigenvalue weighted by Gasteiger charge is -2.11. The van der Waals surface area contributed by atoms with E-state index in [0.717, 1.165) is 25.0 Å². The van der Waals surface area contributed by atoms with Crippen molar-refractivity contribution in [1.29, 1.82) is 0 Å². The van der Waals surface area contributed by atoms with E-state index >= 15 is 0 Å². The molecule has 2 rings (SSSR count). The van der Waals surface area contributed by atoms with Gasteiger partial charge >= 0.3 is 0 Å². The van der Waals surface area contributed by atoms with Crippen LogP contribution >= 0.6 is 0 Å². The number of carbonyl (C=O) groups is 1. The first-order valence-electron chi connectivity index (χ1n) is 6.92. The first-order valence-corrected chi connectivity index (χ1v) is 8.40. The summed E-state index contributed by atoms with van der Waals surface area (Å²) in [5, 5.41) is 2.67. The number of hydrogen-bond donors (Lipinski definition) is 2. The van der Waals surface area contributed by atoms with Crippen LogP contribution in [0.25, 0.3) is 0 Å². The van der Waals surface area contributed by atoms with Crippen LogP contribution in [0, 0.1) is 6.92 Å². The number of ether oxygens (including phenoxy) is 1. The molecule has 2 N–H and O–H groups in total. The minimum absolute atomic E-state index is 0.0438. The molecule has 0 radical (unpaired) electrons. The highest BCUT2D eigenvalue weighted by molar-refractivity contribution is 7.89. The van der Waals surface area contributed by atoms with Gasteiger partial charge in [-0.3, -0.25) is 4.79 Å². The van der Waals surface area contributed by atoms with E-state index < -0.39 is 10.0 Å². The molecule has 1 atom stereocenters. The van der Waals surface area contributed by atoms with Gasteiger partial charge in [0.1, 0.15) is 0 Å². The van der Waals surface area contributed by atoms with Crippen molar-refractivity contribution in [1.82, 2.24) is 10.0 Å². The van der Waals surface area contributed by atoms with E-state index in [1.165, 1.54) is 6.07 Å². The second-order valence-corrected chi connectivity index (χ2v) is 6.85. The van der Waals surface area contributed by atoms with E-state index in [0.29, 0.717) is 6.54 Å². The molecule has 1 unspecified atom stereocenters. The number of carbonyl (C=O) groups excluding carboxylic acids is 1. The van der Waals surface area contributed by atoms with Gasteiger partial charge in [0.25, 0.3) is 0 Å². The lowest BCUT2D eigenvalue weighted by molar-refractivity contribution is -0.120. The molecule has 0 bridgehead atoms. The highest BCUT2D eigenvalue weighted by atomic mass is 32.2. The number of nitrogens with one attached hydrogen (secondary N) is 2. The maximum Gasteiger partial charge on any atom is 0.241 e. The predicted octanol–water partition coefficient (Wildman–Crippen LogP) is 0.569. The fraction of sp³-hybridized carbons (Fsp3) is 0.500. The molecule has 1 heterocycles. The summed E-state index contributed by atoms with van der Waals surface area (Å²) < 4.78 is 31.7. The minimum atomic E-state index is -3.66. The molecule has 1 aromatic carbocycles. The van der Waals surface area contributed by atoms with Crippen molar-refractivity contribution in [3.8, 4) is 0 Å². The van der Waals surface area contributed by atoms with Crippen LogP contribution in [0.15, 0.2) is 29.2 Å². The maximum atomic E-state index is 12.0. The first-order chi connectivity index (χ1) is 9.97. The van der Waals surface area contributed by atoms with Crippen molar-refractivity contribution < 1.29 is 17.9 Å². The zero-order valence-electron chi connectivity index (χ0n) is 12.0. The van der Waals surface area contributed by atoms with Gasteiger partial charge in [-0.2, -0.15) is 0 Å². The third-order valence-electron chi connectivity index (χ3n) is 3.27. The Morgan fingerprint density at radius 2 is 2.24 bits per heavy atom. The summed E-state index contributed by atoms with van der Waals surface area (Å²) in [7, 11) is -3.66. The summed E-state index contributed by atoms with van der Waals surface area (Å²) in [5.41, 5.74) is 0.848. The number of rotatable bonds is 6. The summed E-state index contributed by atoms with van der Waals surface area (Å²) in [5.74, 6) is -0.360. The summed E-state index contributed by atoms with van der Waals surface area (Å²) in [6.07, 6.45) is 1.97. The van der Waals surface area contributed by atoms with Crippen LogP contribution in [0.4, 0.5) is 0 Å². The van der Waals surface area contributed by atoms with E-state index in [2.05, 4.69) is 10.0 Å². The Hall–Kier alpha value is -1.44. The van der Waals surface area contributed by atoms with Crippen molar-refractivity contribution >= 4 is 15.9 Å². The van der Waals surface area contributed by atoms with Crippen LogP contribution < -0.4 is 10.0 Å². The summed E-state index contributed by atoms with van der Waals surface area (Å²) in [6.45, 7) is 2.68. The zero-order valence-corrected chi connectivity index (χ0v) is 12.8. The van der Waals surface area contributed by atoms with E-state index in [9.17, 15) is 13.2 Å². The average molecular weight is 312 g/mol. The Kier molecular flexibility index (Phi) is 5.33. The third-order valence-corrected chi connectivity index (χ3v) is 4.67. The van der Waals surface area contributed by atoms with Crippen LogP contribution in [0.1, 0.15) is 18.4 Å². The molecule has 0 saturated carbocycles. The second-order valence-electron chi connectivity index (χ2n) is 5.08. The molecule has 7 heteroatoms. The molecule has 1 fully saturated rings. The van der Waals surface area contributed by atoms with E-state index in [4.69, 9.17) is 4.74 Å². The normalized spacial score (nSPS) is 18.6. The minimum Gasteiger partial charge on any atom is -0.376 e. The van der Waals surface area contributed by atoms with Gasteiger partial charge in [0.05, 0.1) is 17.5 Å². The fourth-order valence-corrected chi connectivity index (χ4v) is 3.21. The molecule has 6 nitrogen and oxygen atoms in total. The smallest absolute Gasteiger partial charge is 0.241 e. The maximum absolute atomic E-state index is 12.0. The molecule has 116 valence electrons. The SMILES string of the molecule is Cc1cccc(S(=O)(=O)NCC(=O)NCC2CCCO2)c1. The van der Waals surface area contributed by atoms with Gasteiger partial charge in [0.15, 0.2) is 0 Å². The summed E-state index contributed by atoms with van der Waals surface area (Å²) in [4.78, 5) is 11.8. The van der Waals surface area contributed by atoms with Crippen molar-refractivity contribution in [3.05, 3.63) is 29.8 Å². The molecule has 1 saturated heterocycles. The van der Waals surface area contributed by atoms with Crippen molar-refractivity contribution in [2.45, 2.75) is 30.8 Å². The second kappa shape index (κ2) is 7.02. The molecule has 1 aromatic rings. The summed E-state index contributed by atoms with van der Waals surface area (Å²) >= 11 is 0. The standard InChI is InChI=1S/C14H20N2O4S/c1-11-4-2-6-13(8-11)21(18,19)16-10-14(17)15-9-12-5-3-7-20-12/h2,4,6,8,12,16H,3,5,7,9-10H2,1H3,(H,15,17). The van der Waals surface area contributed by atoms with Crippen molar-refractivity contribution in [3.63, 3.8) is 0 Å². The quantitative estimate of drug-likeness (QED) is 0.804. The van der Waals surface area contributed by atoms with E-state index in [1.807, 2.05) is 13.0 Å². The average Bonchev–Trinajstić information content (AvgIpc) is 2.96. The summed E-state index contributed by atoms with van der Waals surface area (Å²) in [6, 6.07) is 6.54. The van der Waals surface area contributed by atoms with Gasteiger partial charge in [0, 0.05) is 13.2 Å². The van der Waals surface area contributed by atoms with Crippen LogP contribution in [-0.4, -0.2) is 40.1 Å². The molecule has 1 amide bonds. The van der Waals surface area contributed by atoms with Crippen LogP contribution in [0.3, 0.4) is 0 Å². The van der Waals surface area contributed by atoms with Gasteiger partial charge in [-0.15, -0.1) is 0 Å². The predicted molar refractivity (Wildman–Crippen MR) is 78.4 cm³/mol. The van der Waals surface area contributed by atoms with Gasteiger partial charge in [-0.1, -0.05) is 12.1 Å². The fourth-order valence-electron chi connectivity index (χ4n) is 2.12. The van der Waals surface area contributed by atoms with Crippen LogP contribution in [0.2, 0.25) is 0 Å². The molecule has 1 aliphatic heterocycles. The van der Waals surface area contributed by atoms with Crippen LogP contribution in [0.5, 0.6) is 0 Å². The number of aryl methyl sites for hydroxylation is 1. The molecule has 0 spiro atoms. The Labute approximate surface area is 124 Å². The number of benzene rings is 1. The van der Waals surface area contributed by atoms with Gasteiger partial charge in [-0.25, -0.2) is 13.1 Å². The monoisotopic (exact) mass is 312 g/mol. The molecule has 0 aromatic heterocycles. The van der Waals surface area contributed by atoms with E-state index in [-0.39, 0.29) is 23.5 Å².